The van der Waals surface area contributed by atoms with Crippen LogP contribution in [0.25, 0.3) is 28.5 Å². The van der Waals surface area contributed by atoms with E-state index in [9.17, 15) is 9.18 Å². The van der Waals surface area contributed by atoms with E-state index in [-0.39, 0.29) is 28.8 Å². The second kappa shape index (κ2) is 12.8. The van der Waals surface area contributed by atoms with Crippen LogP contribution in [0.5, 0.6) is 0 Å². The summed E-state index contributed by atoms with van der Waals surface area (Å²) in [7, 11) is 0. The number of carbonyl (C=O) groups excluding carboxylic acids is 1. The van der Waals surface area contributed by atoms with Crippen molar-refractivity contribution in [3.63, 3.8) is 0 Å². The maximum Gasteiger partial charge on any atom is 0.313 e. The smallest absolute Gasteiger partial charge is 0.313 e. The third-order valence-electron chi connectivity index (χ3n) is 7.99. The van der Waals surface area contributed by atoms with E-state index in [2.05, 4.69) is 20.5 Å². The lowest BCUT2D eigenvalue weighted by Gasteiger charge is -2.25. The van der Waals surface area contributed by atoms with Gasteiger partial charge in [-0.05, 0) is 67.3 Å². The molecule has 6 rings (SSSR count). The Morgan fingerprint density at radius 2 is 1.95 bits per heavy atom. The van der Waals surface area contributed by atoms with Crippen LogP contribution in [0.3, 0.4) is 0 Å². The summed E-state index contributed by atoms with van der Waals surface area (Å²) in [6, 6.07) is 13.5. The Balaban J connectivity index is 1.55. The summed E-state index contributed by atoms with van der Waals surface area (Å²) < 4.78 is 22.0. The molecule has 3 aromatic heterocycles. The molecule has 226 valence electrons. The molecule has 5 aromatic rings. The normalized spacial score (nSPS) is 14.5. The van der Waals surface area contributed by atoms with Crippen LogP contribution in [-0.4, -0.2) is 30.6 Å². The van der Waals surface area contributed by atoms with Crippen LogP contribution >= 0.6 is 23.2 Å². The van der Waals surface area contributed by atoms with E-state index in [1.165, 1.54) is 12.1 Å². The number of nitrogens with two attached hydrogens (primary N) is 1. The van der Waals surface area contributed by atoms with Crippen molar-refractivity contribution in [3.8, 4) is 28.5 Å². The van der Waals surface area contributed by atoms with Crippen molar-refractivity contribution in [3.05, 3.63) is 93.7 Å². The van der Waals surface area contributed by atoms with Crippen molar-refractivity contribution < 1.29 is 13.6 Å². The SMILES string of the molecule is CC(C(=O)NCc1cccnc1)c1ccc(Cl)cc1-n1c(C2CCCCC2)nc(-c2nnc(N)o2)c1-c1ccc(F)c(Cl)c1. The van der Waals surface area contributed by atoms with E-state index < -0.39 is 11.7 Å². The summed E-state index contributed by atoms with van der Waals surface area (Å²) in [5.41, 5.74) is 9.57. The molecule has 1 fully saturated rings. The lowest BCUT2D eigenvalue weighted by atomic mass is 9.88. The largest absolute Gasteiger partial charge is 0.402 e. The van der Waals surface area contributed by atoms with Crippen molar-refractivity contribution in [2.24, 2.45) is 0 Å². The summed E-state index contributed by atoms with van der Waals surface area (Å²) in [6.07, 6.45) is 8.48. The fraction of sp³-hybridized carbons (Fsp3) is 0.281. The molecule has 1 atom stereocenters. The number of hydrogen-bond acceptors (Lipinski definition) is 7. The van der Waals surface area contributed by atoms with Gasteiger partial charge in [-0.25, -0.2) is 9.37 Å². The first-order chi connectivity index (χ1) is 21.3. The van der Waals surface area contributed by atoms with Gasteiger partial charge in [0.05, 0.1) is 22.3 Å². The Morgan fingerprint density at radius 3 is 2.66 bits per heavy atom. The zero-order valence-corrected chi connectivity index (χ0v) is 25.4. The quantitative estimate of drug-likeness (QED) is 0.181. The standard InChI is InChI=1S/C32H30Cl2FN7O2/c1-18(30(43)38-17-19-6-5-13-37-16-19)23-11-10-22(33)15-26(23)42-28(21-9-12-25(35)24(34)14-21)27(31-40-41-32(36)44-31)39-29(42)20-7-3-2-4-8-20/h5-6,9-16,18,20H,2-4,7-8,17H2,1H3,(H2,36,41)(H,38,43). The van der Waals surface area contributed by atoms with Crippen molar-refractivity contribution >= 4 is 35.1 Å². The Hall–Kier alpha value is -4.28. The van der Waals surface area contributed by atoms with Crippen LogP contribution < -0.4 is 11.1 Å². The Morgan fingerprint density at radius 1 is 1.14 bits per heavy atom. The first-order valence-electron chi connectivity index (χ1n) is 14.4. The number of aromatic nitrogens is 5. The number of pyridine rings is 1. The zero-order chi connectivity index (χ0) is 30.8. The molecular formula is C32H30Cl2FN7O2. The second-order valence-corrected chi connectivity index (χ2v) is 11.8. The Labute approximate surface area is 263 Å². The van der Waals surface area contributed by atoms with Crippen LogP contribution in [-0.2, 0) is 11.3 Å². The minimum absolute atomic E-state index is 0.0556. The molecule has 44 heavy (non-hydrogen) atoms. The summed E-state index contributed by atoms with van der Waals surface area (Å²) in [5.74, 6) is -0.354. The molecule has 0 aliphatic heterocycles. The maximum absolute atomic E-state index is 14.4. The van der Waals surface area contributed by atoms with Crippen molar-refractivity contribution in [1.82, 2.24) is 30.0 Å². The molecule has 3 heterocycles. The van der Waals surface area contributed by atoms with Crippen LogP contribution in [0.15, 0.2) is 65.3 Å². The summed E-state index contributed by atoms with van der Waals surface area (Å²) >= 11 is 12.9. The molecule has 1 amide bonds. The average molecular weight is 635 g/mol. The zero-order valence-electron chi connectivity index (χ0n) is 23.9. The number of halogens is 3. The first kappa shape index (κ1) is 29.8. The van der Waals surface area contributed by atoms with E-state index in [0.717, 1.165) is 49.1 Å². The second-order valence-electron chi connectivity index (χ2n) is 10.9. The molecule has 0 bridgehead atoms. The van der Waals surface area contributed by atoms with E-state index in [4.69, 9.17) is 38.3 Å². The molecule has 2 aromatic carbocycles. The third-order valence-corrected chi connectivity index (χ3v) is 8.52. The highest BCUT2D eigenvalue weighted by atomic mass is 35.5. The van der Waals surface area contributed by atoms with Crippen LogP contribution in [0.2, 0.25) is 10.0 Å². The van der Waals surface area contributed by atoms with Gasteiger partial charge in [0.2, 0.25) is 5.91 Å². The van der Waals surface area contributed by atoms with Gasteiger partial charge in [-0.2, -0.15) is 0 Å². The predicted octanol–water partition coefficient (Wildman–Crippen LogP) is 7.48. The van der Waals surface area contributed by atoms with Gasteiger partial charge in [-0.1, -0.05) is 59.7 Å². The molecule has 9 nitrogen and oxygen atoms in total. The predicted molar refractivity (Wildman–Crippen MR) is 167 cm³/mol. The lowest BCUT2D eigenvalue weighted by Crippen LogP contribution is -2.28. The summed E-state index contributed by atoms with van der Waals surface area (Å²) in [4.78, 5) is 22.8. The number of amides is 1. The minimum Gasteiger partial charge on any atom is -0.402 e. The number of benzene rings is 2. The van der Waals surface area contributed by atoms with Crippen LogP contribution in [0.4, 0.5) is 10.4 Å². The fourth-order valence-corrected chi connectivity index (χ4v) is 6.11. The molecule has 0 radical (unpaired) electrons. The van der Waals surface area contributed by atoms with Gasteiger partial charge in [0.1, 0.15) is 11.6 Å². The first-order valence-corrected chi connectivity index (χ1v) is 15.2. The maximum atomic E-state index is 14.4. The molecule has 1 aliphatic carbocycles. The number of nitrogen functional groups attached to an aromatic ring is 1. The molecule has 1 saturated carbocycles. The van der Waals surface area contributed by atoms with E-state index >= 15 is 0 Å². The van der Waals surface area contributed by atoms with Gasteiger partial charge < -0.3 is 15.5 Å². The highest BCUT2D eigenvalue weighted by molar-refractivity contribution is 6.31. The van der Waals surface area contributed by atoms with E-state index in [1.807, 2.05) is 35.8 Å². The molecular weight excluding hydrogens is 604 g/mol. The molecule has 3 N–H and O–H groups in total. The van der Waals surface area contributed by atoms with E-state index in [1.54, 1.807) is 24.5 Å². The van der Waals surface area contributed by atoms with Crippen molar-refractivity contribution in [2.45, 2.75) is 57.4 Å². The van der Waals surface area contributed by atoms with Gasteiger partial charge in [0.15, 0.2) is 5.69 Å². The number of hydrogen-bond donors (Lipinski definition) is 2. The number of carbonyl (C=O) groups is 1. The highest BCUT2D eigenvalue weighted by Gasteiger charge is 2.32. The monoisotopic (exact) mass is 633 g/mol. The highest BCUT2D eigenvalue weighted by Crippen LogP contribution is 2.43. The molecule has 1 aliphatic rings. The van der Waals surface area contributed by atoms with Gasteiger partial charge in [-0.15, -0.1) is 5.10 Å². The molecule has 12 heteroatoms. The molecule has 0 saturated heterocycles. The van der Waals surface area contributed by atoms with Crippen LogP contribution in [0.1, 0.15) is 67.8 Å². The third kappa shape index (κ3) is 6.05. The number of nitrogens with one attached hydrogen (secondary N) is 1. The summed E-state index contributed by atoms with van der Waals surface area (Å²) in [6.45, 7) is 2.18. The average Bonchev–Trinajstić information content (AvgIpc) is 3.65. The molecule has 0 spiro atoms. The fourth-order valence-electron chi connectivity index (χ4n) is 5.77. The van der Waals surface area contributed by atoms with Gasteiger partial charge in [0, 0.05) is 35.4 Å². The van der Waals surface area contributed by atoms with Crippen molar-refractivity contribution in [1.29, 1.82) is 0 Å². The lowest BCUT2D eigenvalue weighted by molar-refractivity contribution is -0.122. The van der Waals surface area contributed by atoms with Crippen LogP contribution in [0, 0.1) is 5.82 Å². The van der Waals surface area contributed by atoms with Crippen molar-refractivity contribution in [2.75, 3.05) is 5.73 Å². The number of imidazole rings is 1. The topological polar surface area (TPSA) is 125 Å². The Kier molecular flexibility index (Phi) is 8.63. The van der Waals surface area contributed by atoms with E-state index in [0.29, 0.717) is 34.2 Å². The number of anilines is 1. The van der Waals surface area contributed by atoms with Gasteiger partial charge >= 0.3 is 6.01 Å². The number of rotatable bonds is 8. The molecule has 1 unspecified atom stereocenters. The number of nitrogens with zero attached hydrogens (tertiary/aromatic N) is 5. The van der Waals surface area contributed by atoms with Gasteiger partial charge in [-0.3, -0.25) is 14.3 Å². The van der Waals surface area contributed by atoms with Gasteiger partial charge in [0.25, 0.3) is 5.89 Å². The Bertz CT molecular complexity index is 1800. The summed E-state index contributed by atoms with van der Waals surface area (Å²) in [5, 5.41) is 11.4. The minimum atomic E-state index is -0.576.